The molecule has 0 bridgehead atoms. The Balaban J connectivity index is 2.47. The summed E-state index contributed by atoms with van der Waals surface area (Å²) in [6.07, 6.45) is 0.367. The Labute approximate surface area is 124 Å². The minimum Gasteiger partial charge on any atom is -0.392 e. The number of hydrogen-bond donors (Lipinski definition) is 2. The summed E-state index contributed by atoms with van der Waals surface area (Å²) in [6, 6.07) is 8.36. The van der Waals surface area contributed by atoms with Crippen LogP contribution in [0.5, 0.6) is 0 Å². The number of benzene rings is 2. The van der Waals surface area contributed by atoms with Crippen molar-refractivity contribution < 1.29 is 23.4 Å². The maximum absolute atomic E-state index is 13.6. The molecular weight excluding hydrogens is 293 g/mol. The molecule has 1 atom stereocenters. The zero-order chi connectivity index (χ0) is 16.1. The second-order valence-electron chi connectivity index (χ2n) is 5.11. The number of aliphatic hydroxyl groups is 2. The highest BCUT2D eigenvalue weighted by atomic mass is 19.4. The number of hydrogen-bond acceptors (Lipinski definition) is 2. The van der Waals surface area contributed by atoms with Gasteiger partial charge < -0.3 is 10.2 Å². The molecule has 5 heteroatoms. The largest absolute Gasteiger partial charge is 0.425 e. The third kappa shape index (κ3) is 1.71. The number of aliphatic hydroxyl groups excluding tert-OH is 1. The van der Waals surface area contributed by atoms with Crippen molar-refractivity contribution in [3.63, 3.8) is 0 Å². The van der Waals surface area contributed by atoms with Crippen molar-refractivity contribution in [3.05, 3.63) is 58.7 Å². The fraction of sp³-hybridized carbons (Fsp3) is 0.176. The normalized spacial score (nSPS) is 19.5. The molecule has 0 spiro atoms. The molecule has 2 aromatic rings. The summed E-state index contributed by atoms with van der Waals surface area (Å²) in [5.41, 5.74) is -2.82. The second-order valence-corrected chi connectivity index (χ2v) is 5.11. The van der Waals surface area contributed by atoms with Gasteiger partial charge in [0.15, 0.2) is 0 Å². The summed E-state index contributed by atoms with van der Waals surface area (Å²) in [7, 11) is 0. The molecule has 2 nitrogen and oxygen atoms in total. The monoisotopic (exact) mass is 304 g/mol. The van der Waals surface area contributed by atoms with E-state index in [2.05, 4.69) is 5.92 Å². The fourth-order valence-corrected chi connectivity index (χ4v) is 2.98. The molecule has 1 aliphatic rings. The smallest absolute Gasteiger partial charge is 0.392 e. The van der Waals surface area contributed by atoms with Crippen LogP contribution < -0.4 is 0 Å². The average Bonchev–Trinajstić information content (AvgIpc) is 2.77. The van der Waals surface area contributed by atoms with Gasteiger partial charge in [0.2, 0.25) is 5.60 Å². The van der Waals surface area contributed by atoms with E-state index >= 15 is 0 Å². The van der Waals surface area contributed by atoms with Crippen molar-refractivity contribution in [1.82, 2.24) is 0 Å². The van der Waals surface area contributed by atoms with E-state index in [0.29, 0.717) is 0 Å². The van der Waals surface area contributed by atoms with E-state index in [0.717, 1.165) is 6.07 Å². The number of fused-ring (bicyclic) bond motifs is 3. The molecule has 0 saturated carbocycles. The van der Waals surface area contributed by atoms with Crippen LogP contribution in [0.3, 0.4) is 0 Å². The van der Waals surface area contributed by atoms with E-state index in [9.17, 15) is 23.4 Å². The van der Waals surface area contributed by atoms with Crippen LogP contribution in [0.25, 0.3) is 11.1 Å². The van der Waals surface area contributed by atoms with Gasteiger partial charge in [-0.15, -0.1) is 6.42 Å². The zero-order valence-corrected chi connectivity index (χ0v) is 11.3. The topological polar surface area (TPSA) is 40.5 Å². The van der Waals surface area contributed by atoms with Crippen molar-refractivity contribution in [2.75, 3.05) is 0 Å². The van der Waals surface area contributed by atoms with E-state index in [1.807, 2.05) is 0 Å². The zero-order valence-electron chi connectivity index (χ0n) is 11.3. The highest BCUT2D eigenvalue weighted by Gasteiger charge is 2.61. The minimum absolute atomic E-state index is 0.179. The third-order valence-electron chi connectivity index (χ3n) is 3.94. The number of terminal acetylenes is 1. The van der Waals surface area contributed by atoms with E-state index in [-0.39, 0.29) is 33.4 Å². The van der Waals surface area contributed by atoms with E-state index < -0.39 is 18.4 Å². The quantitative estimate of drug-likeness (QED) is 0.795. The average molecular weight is 304 g/mol. The van der Waals surface area contributed by atoms with Crippen LogP contribution in [-0.4, -0.2) is 16.4 Å². The van der Waals surface area contributed by atoms with Crippen LogP contribution >= 0.6 is 0 Å². The molecule has 0 radical (unpaired) electrons. The van der Waals surface area contributed by atoms with Crippen molar-refractivity contribution in [2.24, 2.45) is 0 Å². The predicted octanol–water partition coefficient (Wildman–Crippen LogP) is 2.94. The molecule has 1 aliphatic carbocycles. The van der Waals surface area contributed by atoms with Gasteiger partial charge in [-0.05, 0) is 28.8 Å². The summed E-state index contributed by atoms with van der Waals surface area (Å²) in [6.45, 7) is -0.472. The standard InChI is InChI=1S/C17H11F3O2/c1-2-10-7-11(9-21)15-12-5-3-4-6-13(12)16(22,14(15)8-10)17(18,19)20/h1,3-8,21-22H,9H2. The summed E-state index contributed by atoms with van der Waals surface area (Å²) in [4.78, 5) is 0. The van der Waals surface area contributed by atoms with Crippen LogP contribution in [0.1, 0.15) is 22.3 Å². The van der Waals surface area contributed by atoms with E-state index in [1.54, 1.807) is 6.07 Å². The van der Waals surface area contributed by atoms with Crippen LogP contribution in [0.4, 0.5) is 13.2 Å². The van der Waals surface area contributed by atoms with Gasteiger partial charge in [-0.1, -0.05) is 30.2 Å². The molecule has 3 rings (SSSR count). The Kier molecular flexibility index (Phi) is 3.06. The molecule has 2 aromatic carbocycles. The molecule has 2 N–H and O–H groups in total. The fourth-order valence-electron chi connectivity index (χ4n) is 2.98. The maximum Gasteiger partial charge on any atom is 0.425 e. The highest BCUT2D eigenvalue weighted by molar-refractivity contribution is 5.83. The first kappa shape index (κ1) is 14.6. The second kappa shape index (κ2) is 4.60. The van der Waals surface area contributed by atoms with E-state index in [1.165, 1.54) is 24.3 Å². The Morgan fingerprint density at radius 3 is 2.41 bits per heavy atom. The lowest BCUT2D eigenvalue weighted by molar-refractivity contribution is -0.246. The Bertz CT molecular complexity index is 803. The Morgan fingerprint density at radius 1 is 1.14 bits per heavy atom. The molecule has 0 saturated heterocycles. The summed E-state index contributed by atoms with van der Waals surface area (Å²) in [5, 5.41) is 20.0. The summed E-state index contributed by atoms with van der Waals surface area (Å²) >= 11 is 0. The molecule has 0 aromatic heterocycles. The highest BCUT2D eigenvalue weighted by Crippen LogP contribution is 2.55. The van der Waals surface area contributed by atoms with Crippen LogP contribution in [-0.2, 0) is 12.2 Å². The van der Waals surface area contributed by atoms with Gasteiger partial charge >= 0.3 is 6.18 Å². The molecule has 0 heterocycles. The van der Waals surface area contributed by atoms with Crippen molar-refractivity contribution in [3.8, 4) is 23.5 Å². The molecule has 0 amide bonds. The molecule has 0 aliphatic heterocycles. The van der Waals surface area contributed by atoms with Gasteiger partial charge in [0.05, 0.1) is 6.61 Å². The van der Waals surface area contributed by atoms with Crippen LogP contribution in [0.15, 0.2) is 36.4 Å². The minimum atomic E-state index is -4.91. The first-order valence-electron chi connectivity index (χ1n) is 6.48. The van der Waals surface area contributed by atoms with Crippen molar-refractivity contribution >= 4 is 0 Å². The van der Waals surface area contributed by atoms with E-state index in [4.69, 9.17) is 6.42 Å². The summed E-state index contributed by atoms with van der Waals surface area (Å²) < 4.78 is 40.8. The molecule has 112 valence electrons. The lowest BCUT2D eigenvalue weighted by Gasteiger charge is -2.28. The Morgan fingerprint density at radius 2 is 1.82 bits per heavy atom. The maximum atomic E-state index is 13.6. The first-order chi connectivity index (χ1) is 10.3. The number of rotatable bonds is 1. The van der Waals surface area contributed by atoms with Gasteiger partial charge in [0.1, 0.15) is 0 Å². The van der Waals surface area contributed by atoms with Gasteiger partial charge in [0.25, 0.3) is 0 Å². The lowest BCUT2D eigenvalue weighted by Crippen LogP contribution is -2.41. The molecule has 22 heavy (non-hydrogen) atoms. The SMILES string of the molecule is C#Cc1cc(CO)c2c(c1)C(O)(C(F)(F)F)c1ccccc1-2. The van der Waals surface area contributed by atoms with Gasteiger partial charge in [-0.2, -0.15) is 13.2 Å². The van der Waals surface area contributed by atoms with Gasteiger partial charge in [0, 0.05) is 16.7 Å². The van der Waals surface area contributed by atoms with Gasteiger partial charge in [-0.3, -0.25) is 0 Å². The number of alkyl halides is 3. The summed E-state index contributed by atoms with van der Waals surface area (Å²) in [5.74, 6) is 2.26. The molecule has 1 unspecified atom stereocenters. The third-order valence-corrected chi connectivity index (χ3v) is 3.94. The Hall–Kier alpha value is -2.29. The molecular formula is C17H11F3O2. The van der Waals surface area contributed by atoms with Gasteiger partial charge in [-0.25, -0.2) is 0 Å². The molecule has 0 fully saturated rings. The van der Waals surface area contributed by atoms with Crippen molar-refractivity contribution in [2.45, 2.75) is 18.4 Å². The van der Waals surface area contributed by atoms with Crippen LogP contribution in [0.2, 0.25) is 0 Å². The van der Waals surface area contributed by atoms with Crippen LogP contribution in [0, 0.1) is 12.3 Å². The number of halogens is 3. The first-order valence-corrected chi connectivity index (χ1v) is 6.48. The van der Waals surface area contributed by atoms with Crippen molar-refractivity contribution in [1.29, 1.82) is 0 Å². The predicted molar refractivity (Wildman–Crippen MR) is 74.8 cm³/mol. The lowest BCUT2D eigenvalue weighted by atomic mass is 9.89.